The van der Waals surface area contributed by atoms with Gasteiger partial charge < -0.3 is 5.11 Å². The number of rotatable bonds is 0. The highest BCUT2D eigenvalue weighted by Crippen LogP contribution is 2.31. The molecule has 0 fully saturated rings. The van der Waals surface area contributed by atoms with Gasteiger partial charge in [0.25, 0.3) is 0 Å². The lowest BCUT2D eigenvalue weighted by atomic mass is 10.0. The number of phenolic OH excluding ortho intramolecular Hbond substituents is 1. The molecule has 2 aromatic carbocycles. The standard InChI is InChI=1S/C12H11ClO/c1-7-5-10-8(2)11(13)4-3-9(10)12(14)6-7/h3-6,14H,1-2H3. The van der Waals surface area contributed by atoms with Crippen LogP contribution in [0.1, 0.15) is 11.1 Å². The molecule has 0 aliphatic heterocycles. The Kier molecular flexibility index (Phi) is 2.12. The van der Waals surface area contributed by atoms with Crippen LogP contribution in [0, 0.1) is 13.8 Å². The van der Waals surface area contributed by atoms with Gasteiger partial charge in [0.15, 0.2) is 0 Å². The van der Waals surface area contributed by atoms with E-state index in [-0.39, 0.29) is 0 Å². The number of aryl methyl sites for hydroxylation is 2. The average molecular weight is 207 g/mol. The van der Waals surface area contributed by atoms with Gasteiger partial charge in [0.2, 0.25) is 0 Å². The lowest BCUT2D eigenvalue weighted by Gasteiger charge is -2.07. The predicted octanol–water partition coefficient (Wildman–Crippen LogP) is 3.82. The molecule has 0 amide bonds. The molecule has 0 bridgehead atoms. The minimum atomic E-state index is 0.319. The van der Waals surface area contributed by atoms with Crippen LogP contribution in [0.4, 0.5) is 0 Å². The summed E-state index contributed by atoms with van der Waals surface area (Å²) < 4.78 is 0. The summed E-state index contributed by atoms with van der Waals surface area (Å²) in [5, 5.41) is 12.3. The summed E-state index contributed by atoms with van der Waals surface area (Å²) >= 11 is 6.01. The molecular formula is C12H11ClO. The van der Waals surface area contributed by atoms with E-state index in [1.165, 1.54) is 0 Å². The van der Waals surface area contributed by atoms with Crippen LogP contribution in [0.25, 0.3) is 10.8 Å². The van der Waals surface area contributed by atoms with Crippen molar-refractivity contribution in [2.75, 3.05) is 0 Å². The van der Waals surface area contributed by atoms with Gasteiger partial charge in [-0.05, 0) is 48.6 Å². The zero-order valence-corrected chi connectivity index (χ0v) is 8.89. The SMILES string of the molecule is Cc1cc(O)c2ccc(Cl)c(C)c2c1. The third kappa shape index (κ3) is 1.34. The first-order valence-electron chi connectivity index (χ1n) is 4.48. The van der Waals surface area contributed by atoms with Crippen molar-refractivity contribution in [3.63, 3.8) is 0 Å². The molecule has 0 aliphatic rings. The number of aromatic hydroxyl groups is 1. The molecule has 2 rings (SSSR count). The van der Waals surface area contributed by atoms with Crippen LogP contribution in [0.3, 0.4) is 0 Å². The number of halogens is 1. The zero-order valence-electron chi connectivity index (χ0n) is 8.13. The monoisotopic (exact) mass is 206 g/mol. The molecular weight excluding hydrogens is 196 g/mol. The lowest BCUT2D eigenvalue weighted by molar-refractivity contribution is 0.481. The van der Waals surface area contributed by atoms with Crippen LogP contribution in [-0.2, 0) is 0 Å². The van der Waals surface area contributed by atoms with Crippen LogP contribution in [0.2, 0.25) is 5.02 Å². The fourth-order valence-electron chi connectivity index (χ4n) is 1.67. The summed E-state index contributed by atoms with van der Waals surface area (Å²) in [6.07, 6.45) is 0. The molecule has 0 saturated heterocycles. The summed E-state index contributed by atoms with van der Waals surface area (Å²) in [5.74, 6) is 0.319. The van der Waals surface area contributed by atoms with Crippen LogP contribution in [-0.4, -0.2) is 5.11 Å². The Balaban J connectivity index is 2.95. The maximum Gasteiger partial charge on any atom is 0.123 e. The zero-order chi connectivity index (χ0) is 10.3. The normalized spacial score (nSPS) is 10.8. The second-order valence-corrected chi connectivity index (χ2v) is 3.96. The van der Waals surface area contributed by atoms with E-state index in [4.69, 9.17) is 11.6 Å². The molecule has 0 unspecified atom stereocenters. The van der Waals surface area contributed by atoms with E-state index in [1.807, 2.05) is 32.0 Å². The van der Waals surface area contributed by atoms with Crippen molar-refractivity contribution in [2.45, 2.75) is 13.8 Å². The molecule has 2 heteroatoms. The Morgan fingerprint density at radius 3 is 2.50 bits per heavy atom. The summed E-state index contributed by atoms with van der Waals surface area (Å²) in [4.78, 5) is 0. The van der Waals surface area contributed by atoms with Crippen molar-refractivity contribution in [3.05, 3.63) is 40.4 Å². The van der Waals surface area contributed by atoms with Crippen molar-refractivity contribution in [1.29, 1.82) is 0 Å². The second kappa shape index (κ2) is 3.18. The number of phenols is 1. The number of benzene rings is 2. The van der Waals surface area contributed by atoms with Gasteiger partial charge in [0.05, 0.1) is 0 Å². The van der Waals surface area contributed by atoms with Crippen LogP contribution < -0.4 is 0 Å². The summed E-state index contributed by atoms with van der Waals surface area (Å²) in [6.45, 7) is 3.92. The highest BCUT2D eigenvalue weighted by molar-refractivity contribution is 6.32. The maximum atomic E-state index is 9.72. The van der Waals surface area contributed by atoms with Gasteiger partial charge in [-0.3, -0.25) is 0 Å². The minimum Gasteiger partial charge on any atom is -0.507 e. The topological polar surface area (TPSA) is 20.2 Å². The third-order valence-corrected chi connectivity index (χ3v) is 2.87. The fourth-order valence-corrected chi connectivity index (χ4v) is 1.84. The average Bonchev–Trinajstić information content (AvgIpc) is 2.12. The molecule has 0 aliphatic carbocycles. The third-order valence-electron chi connectivity index (χ3n) is 2.46. The first kappa shape index (κ1) is 9.35. The summed E-state index contributed by atoms with van der Waals surface area (Å²) in [7, 11) is 0. The van der Waals surface area contributed by atoms with Gasteiger partial charge in [-0.1, -0.05) is 17.7 Å². The quantitative estimate of drug-likeness (QED) is 0.695. The van der Waals surface area contributed by atoms with Gasteiger partial charge in [-0.2, -0.15) is 0 Å². The number of hydrogen-bond acceptors (Lipinski definition) is 1. The lowest BCUT2D eigenvalue weighted by Crippen LogP contribution is -1.82. The summed E-state index contributed by atoms with van der Waals surface area (Å²) in [6, 6.07) is 7.46. The largest absolute Gasteiger partial charge is 0.507 e. The maximum absolute atomic E-state index is 9.72. The van der Waals surface area contributed by atoms with Crippen molar-refractivity contribution >= 4 is 22.4 Å². The van der Waals surface area contributed by atoms with Crippen molar-refractivity contribution in [2.24, 2.45) is 0 Å². The van der Waals surface area contributed by atoms with E-state index < -0.39 is 0 Å². The Morgan fingerprint density at radius 2 is 1.79 bits per heavy atom. The van der Waals surface area contributed by atoms with Crippen molar-refractivity contribution in [3.8, 4) is 5.75 Å². The molecule has 0 aromatic heterocycles. The Labute approximate surface area is 87.9 Å². The molecule has 0 radical (unpaired) electrons. The van der Waals surface area contributed by atoms with Crippen molar-refractivity contribution < 1.29 is 5.11 Å². The molecule has 2 aromatic rings. The molecule has 0 saturated carbocycles. The van der Waals surface area contributed by atoms with Crippen LogP contribution in [0.15, 0.2) is 24.3 Å². The molecule has 0 spiro atoms. The minimum absolute atomic E-state index is 0.319. The summed E-state index contributed by atoms with van der Waals surface area (Å²) in [5.41, 5.74) is 2.06. The molecule has 1 N–H and O–H groups in total. The van der Waals surface area contributed by atoms with Crippen LogP contribution in [0.5, 0.6) is 5.75 Å². The van der Waals surface area contributed by atoms with E-state index in [9.17, 15) is 5.11 Å². The fraction of sp³-hybridized carbons (Fsp3) is 0.167. The van der Waals surface area contributed by atoms with Gasteiger partial charge in [0.1, 0.15) is 5.75 Å². The Morgan fingerprint density at radius 1 is 1.07 bits per heavy atom. The second-order valence-electron chi connectivity index (χ2n) is 3.55. The molecule has 1 nitrogen and oxygen atoms in total. The van der Waals surface area contributed by atoms with Gasteiger partial charge in [-0.15, -0.1) is 0 Å². The van der Waals surface area contributed by atoms with E-state index in [1.54, 1.807) is 6.07 Å². The van der Waals surface area contributed by atoms with Gasteiger partial charge in [0, 0.05) is 10.4 Å². The van der Waals surface area contributed by atoms with Crippen molar-refractivity contribution in [1.82, 2.24) is 0 Å². The van der Waals surface area contributed by atoms with Crippen LogP contribution >= 0.6 is 11.6 Å². The van der Waals surface area contributed by atoms with Gasteiger partial charge in [-0.25, -0.2) is 0 Å². The van der Waals surface area contributed by atoms with E-state index in [0.717, 1.165) is 26.9 Å². The smallest absolute Gasteiger partial charge is 0.123 e. The van der Waals surface area contributed by atoms with E-state index in [2.05, 4.69) is 0 Å². The predicted molar refractivity (Wildman–Crippen MR) is 60.1 cm³/mol. The number of fused-ring (bicyclic) bond motifs is 1. The molecule has 72 valence electrons. The Bertz CT molecular complexity index is 503. The van der Waals surface area contributed by atoms with E-state index in [0.29, 0.717) is 5.75 Å². The number of hydrogen-bond donors (Lipinski definition) is 1. The van der Waals surface area contributed by atoms with Gasteiger partial charge >= 0.3 is 0 Å². The Hall–Kier alpha value is -1.21. The first-order valence-corrected chi connectivity index (χ1v) is 4.86. The molecule has 0 heterocycles. The first-order chi connectivity index (χ1) is 6.59. The highest BCUT2D eigenvalue weighted by Gasteiger charge is 2.05. The molecule has 0 atom stereocenters. The highest BCUT2D eigenvalue weighted by atomic mass is 35.5. The molecule has 14 heavy (non-hydrogen) atoms. The van der Waals surface area contributed by atoms with E-state index >= 15 is 0 Å².